The van der Waals surface area contributed by atoms with Crippen molar-refractivity contribution in [2.75, 3.05) is 14.7 Å². The van der Waals surface area contributed by atoms with Crippen molar-refractivity contribution in [2.45, 2.75) is 204 Å². The highest BCUT2D eigenvalue weighted by Crippen LogP contribution is 2.59. The first-order valence-corrected chi connectivity index (χ1v) is 33.2. The number of anilines is 9. The Morgan fingerprint density at radius 1 is 0.345 bits per heavy atom. The van der Waals surface area contributed by atoms with Crippen molar-refractivity contribution >= 4 is 85.5 Å². The minimum atomic E-state index is -0.107. The van der Waals surface area contributed by atoms with E-state index in [4.69, 9.17) is 4.42 Å². The lowest BCUT2D eigenvalue weighted by atomic mass is 9.33. The Hall–Kier alpha value is -7.24. The van der Waals surface area contributed by atoms with Gasteiger partial charge in [-0.3, -0.25) is 4.90 Å². The molecule has 1 aromatic heterocycles. The molecule has 2 aliphatic heterocycles. The van der Waals surface area contributed by atoms with E-state index in [9.17, 15) is 0 Å². The Kier molecular flexibility index (Phi) is 11.5. The van der Waals surface area contributed by atoms with Crippen LogP contribution in [-0.2, 0) is 43.3 Å². The van der Waals surface area contributed by atoms with Gasteiger partial charge in [-0.15, -0.1) is 0 Å². The summed E-state index contributed by atoms with van der Waals surface area (Å²) in [5.41, 5.74) is 29.3. The maximum atomic E-state index is 7.90. The second kappa shape index (κ2) is 18.2. The molecule has 1 saturated carbocycles. The van der Waals surface area contributed by atoms with Crippen LogP contribution in [0.3, 0.4) is 0 Å². The lowest BCUT2D eigenvalue weighted by Gasteiger charge is -2.52. The molecular formula is C82H88BN3O. The molecule has 6 aliphatic carbocycles. The fourth-order valence-electron chi connectivity index (χ4n) is 18.0. The zero-order valence-corrected chi connectivity index (χ0v) is 54.4. The van der Waals surface area contributed by atoms with E-state index in [-0.39, 0.29) is 50.0 Å². The van der Waals surface area contributed by atoms with Crippen molar-refractivity contribution in [3.8, 4) is 11.1 Å². The molecule has 0 unspecified atom stereocenters. The number of rotatable bonds is 6. The summed E-state index contributed by atoms with van der Waals surface area (Å²) in [6, 6.07) is 61.9. The van der Waals surface area contributed by atoms with Crippen LogP contribution in [0, 0.1) is 0 Å². The standard InChI is InChI=1S/C82H88BN3O/c1-75(2)33-35-77(5,6)61-45-56(29-31-59(61)75)85-68-49-64-63(79(9,10)37-38-80(64,11)12)48-67(68)83-72-58-47-65-66(82(14)41-39-81(65,13)40-42-82)50-71(58)87-74(72)86(57-30-32-60-62(46-57)78(7,8)36-34-76(60,3)4)70-44-52(43-69(85)73(70)83)51-25-27-55(28-26-51)84(53-21-17-15-18-22-53)54-23-19-16-20-24-54/h15-32,43-50H,33-42H2,1-14H3. The van der Waals surface area contributed by atoms with Crippen molar-refractivity contribution in [2.24, 2.45) is 0 Å². The first-order chi connectivity index (χ1) is 41.3. The van der Waals surface area contributed by atoms with Gasteiger partial charge in [0.05, 0.1) is 0 Å². The van der Waals surface area contributed by atoms with Crippen LogP contribution in [0.1, 0.15) is 206 Å². The molecule has 0 radical (unpaired) electrons. The predicted octanol–water partition coefficient (Wildman–Crippen LogP) is 20.8. The summed E-state index contributed by atoms with van der Waals surface area (Å²) in [7, 11) is 0. The van der Waals surface area contributed by atoms with E-state index in [1.54, 1.807) is 5.56 Å². The van der Waals surface area contributed by atoms with Crippen molar-refractivity contribution in [1.82, 2.24) is 0 Å². The number of para-hydroxylation sites is 2. The van der Waals surface area contributed by atoms with E-state index in [0.29, 0.717) is 0 Å². The molecule has 0 N–H and O–H groups in total. The van der Waals surface area contributed by atoms with Crippen molar-refractivity contribution in [1.29, 1.82) is 0 Å². The third kappa shape index (κ3) is 8.07. The second-order valence-corrected chi connectivity index (χ2v) is 32.6. The SMILES string of the molecule is CC1(C)CCC(C)(C)c2cc(N3c4cc5c(cc4B4c6c3cc(-c3ccc(N(c7ccccc7)c7ccccc7)cc3)cc6N(c3ccc6c(c3)C(C)(C)CCC6(C)C)c3oc6cc7c(cc6c34)C3(C)CCC7(C)CC3)C(C)(C)CCC5(C)C)ccc21. The van der Waals surface area contributed by atoms with Gasteiger partial charge in [0, 0.05) is 56.3 Å². The van der Waals surface area contributed by atoms with Gasteiger partial charge in [-0.05, 0) is 265 Å². The van der Waals surface area contributed by atoms with E-state index in [0.717, 1.165) is 54.2 Å². The van der Waals surface area contributed by atoms with Crippen LogP contribution in [-0.4, -0.2) is 6.71 Å². The minimum absolute atomic E-state index is 0.000278. The molecule has 0 saturated heterocycles. The highest BCUT2D eigenvalue weighted by Gasteiger charge is 2.52. The molecule has 87 heavy (non-hydrogen) atoms. The Bertz CT molecular complexity index is 4300. The number of hydrogen-bond donors (Lipinski definition) is 0. The lowest BCUT2D eigenvalue weighted by Crippen LogP contribution is -2.61. The maximum Gasteiger partial charge on any atom is 0.257 e. The number of furan rings is 1. The third-order valence-corrected chi connectivity index (χ3v) is 24.2. The molecular weight excluding hydrogens is 1050 g/mol. The maximum absolute atomic E-state index is 7.90. The van der Waals surface area contributed by atoms with Crippen LogP contribution < -0.4 is 31.1 Å². The van der Waals surface area contributed by atoms with E-state index in [2.05, 4.69) is 269 Å². The van der Waals surface area contributed by atoms with E-state index >= 15 is 0 Å². The Morgan fingerprint density at radius 2 is 0.770 bits per heavy atom. The average Bonchev–Trinajstić information content (AvgIpc) is 1.69. The van der Waals surface area contributed by atoms with Crippen molar-refractivity contribution < 1.29 is 4.42 Å². The molecule has 3 heterocycles. The monoisotopic (exact) mass is 1140 g/mol. The van der Waals surface area contributed by atoms with E-state index in [1.807, 2.05) is 0 Å². The first-order valence-electron chi connectivity index (χ1n) is 33.2. The number of fused-ring (bicyclic) bond motifs is 11. The van der Waals surface area contributed by atoms with Crippen LogP contribution in [0.2, 0.25) is 0 Å². The third-order valence-electron chi connectivity index (χ3n) is 24.2. The van der Waals surface area contributed by atoms with Crippen LogP contribution in [0.4, 0.5) is 51.4 Å². The molecule has 0 amide bonds. The molecule has 8 aliphatic rings. The van der Waals surface area contributed by atoms with Gasteiger partial charge in [-0.1, -0.05) is 164 Å². The summed E-state index contributed by atoms with van der Waals surface area (Å²) in [6.45, 7) is 34.8. The van der Waals surface area contributed by atoms with Crippen LogP contribution in [0.5, 0.6) is 0 Å². The summed E-state index contributed by atoms with van der Waals surface area (Å²) < 4.78 is 7.90. The highest BCUT2D eigenvalue weighted by atomic mass is 16.4. The molecule has 0 atom stereocenters. The minimum Gasteiger partial charge on any atom is -0.440 e. The summed E-state index contributed by atoms with van der Waals surface area (Å²) in [5, 5.41) is 1.28. The molecule has 9 aromatic rings. The van der Waals surface area contributed by atoms with Crippen molar-refractivity contribution in [3.05, 3.63) is 202 Å². The first kappa shape index (κ1) is 55.1. The van der Waals surface area contributed by atoms with Crippen LogP contribution in [0.25, 0.3) is 22.1 Å². The number of nitrogens with zero attached hydrogens (tertiary/aromatic N) is 3. The molecule has 5 heteroatoms. The lowest BCUT2D eigenvalue weighted by molar-refractivity contribution is 0.188. The van der Waals surface area contributed by atoms with Gasteiger partial charge < -0.3 is 14.2 Å². The smallest absolute Gasteiger partial charge is 0.257 e. The highest BCUT2D eigenvalue weighted by molar-refractivity contribution is 7.01. The number of benzene rings is 8. The van der Waals surface area contributed by atoms with Gasteiger partial charge in [0.25, 0.3) is 6.71 Å². The Labute approximate surface area is 519 Å². The van der Waals surface area contributed by atoms with E-state index in [1.165, 1.54) is 139 Å². The van der Waals surface area contributed by atoms with Gasteiger partial charge in [-0.2, -0.15) is 0 Å². The van der Waals surface area contributed by atoms with Gasteiger partial charge in [0.15, 0.2) is 0 Å². The van der Waals surface area contributed by atoms with Gasteiger partial charge >= 0.3 is 0 Å². The summed E-state index contributed by atoms with van der Waals surface area (Å²) in [4.78, 5) is 7.73. The molecule has 440 valence electrons. The van der Waals surface area contributed by atoms with Crippen LogP contribution >= 0.6 is 0 Å². The fraction of sp³-hybridized carbons (Fsp3) is 0.390. The quantitative estimate of drug-likeness (QED) is 0.155. The average molecular weight is 1140 g/mol. The van der Waals surface area contributed by atoms with Crippen molar-refractivity contribution in [3.63, 3.8) is 0 Å². The molecule has 4 nitrogen and oxygen atoms in total. The van der Waals surface area contributed by atoms with Gasteiger partial charge in [0.2, 0.25) is 5.88 Å². The van der Waals surface area contributed by atoms with Crippen LogP contribution in [0.15, 0.2) is 162 Å². The van der Waals surface area contributed by atoms with Gasteiger partial charge in [0.1, 0.15) is 5.58 Å². The summed E-state index contributed by atoms with van der Waals surface area (Å²) in [5.74, 6) is 0.967. The normalized spacial score (nSPS) is 23.2. The predicted molar refractivity (Wildman–Crippen MR) is 369 cm³/mol. The largest absolute Gasteiger partial charge is 0.440 e. The topological polar surface area (TPSA) is 22.9 Å². The fourth-order valence-corrected chi connectivity index (χ4v) is 18.0. The molecule has 0 spiro atoms. The van der Waals surface area contributed by atoms with E-state index < -0.39 is 0 Å². The molecule has 8 aromatic carbocycles. The Morgan fingerprint density at radius 3 is 1.28 bits per heavy atom. The zero-order valence-electron chi connectivity index (χ0n) is 54.4. The molecule has 17 rings (SSSR count). The molecule has 2 bridgehead atoms. The zero-order chi connectivity index (χ0) is 60.3. The number of hydrogen-bond acceptors (Lipinski definition) is 4. The molecule has 1 fully saturated rings. The van der Waals surface area contributed by atoms with Gasteiger partial charge in [-0.25, -0.2) is 0 Å². The Balaban J connectivity index is 1.03. The summed E-state index contributed by atoms with van der Waals surface area (Å²) in [6.07, 6.45) is 11.9. The summed E-state index contributed by atoms with van der Waals surface area (Å²) >= 11 is 0. The second-order valence-electron chi connectivity index (χ2n) is 32.6.